The minimum atomic E-state index is -0.510. The molecule has 4 saturated carbocycles. The molecule has 28 heavy (non-hydrogen) atoms. The van der Waals surface area contributed by atoms with Crippen LogP contribution in [-0.4, -0.2) is 50.6 Å². The van der Waals surface area contributed by atoms with Crippen molar-refractivity contribution in [1.82, 2.24) is 0 Å². The lowest BCUT2D eigenvalue weighted by Gasteiger charge is -2.47. The number of hydrogen-bond acceptors (Lipinski definition) is 6. The maximum atomic E-state index is 13.4. The van der Waals surface area contributed by atoms with E-state index < -0.39 is 11.0 Å². The van der Waals surface area contributed by atoms with E-state index in [9.17, 15) is 4.79 Å². The Kier molecular flexibility index (Phi) is 6.18. The van der Waals surface area contributed by atoms with E-state index >= 15 is 0 Å². The molecule has 4 rings (SSSR count). The maximum absolute atomic E-state index is 13.4. The van der Waals surface area contributed by atoms with Crippen molar-refractivity contribution in [3.05, 3.63) is 0 Å². The molecule has 4 aliphatic carbocycles. The summed E-state index contributed by atoms with van der Waals surface area (Å²) in [5, 5.41) is 0. The van der Waals surface area contributed by atoms with Crippen LogP contribution in [0, 0.1) is 17.3 Å². The van der Waals surface area contributed by atoms with Crippen LogP contribution in [0.2, 0.25) is 0 Å². The number of esters is 1. The molecule has 0 aliphatic heterocycles. The zero-order chi connectivity index (χ0) is 20.6. The normalized spacial score (nSPS) is 38.2. The van der Waals surface area contributed by atoms with E-state index in [4.69, 9.17) is 23.7 Å². The highest BCUT2D eigenvalue weighted by Crippen LogP contribution is 2.67. The van der Waals surface area contributed by atoms with Crippen LogP contribution in [0.3, 0.4) is 0 Å². The summed E-state index contributed by atoms with van der Waals surface area (Å²) in [6.45, 7) is 8.88. The van der Waals surface area contributed by atoms with Gasteiger partial charge in [0.15, 0.2) is 0 Å². The Bertz CT molecular complexity index is 575. The fourth-order valence-corrected chi connectivity index (χ4v) is 6.10. The Morgan fingerprint density at radius 1 is 1.04 bits per heavy atom. The van der Waals surface area contributed by atoms with Gasteiger partial charge < -0.3 is 23.7 Å². The second-order valence-electron chi connectivity index (χ2n) is 9.88. The van der Waals surface area contributed by atoms with Crippen molar-refractivity contribution in [1.29, 1.82) is 0 Å². The molecule has 4 fully saturated rings. The van der Waals surface area contributed by atoms with E-state index in [0.717, 1.165) is 44.9 Å². The molecule has 0 aromatic heterocycles. The SMILES string of the molecule is CCCC(C)(C(=O)OC12CC3CC(OCOC)(C1)CC3(OCOC)C2)C(C)C. The monoisotopic (exact) mass is 398 g/mol. The number of methoxy groups -OCH3 is 2. The van der Waals surface area contributed by atoms with Crippen molar-refractivity contribution in [3.8, 4) is 0 Å². The second kappa shape index (κ2) is 7.86. The largest absolute Gasteiger partial charge is 0.458 e. The second-order valence-corrected chi connectivity index (χ2v) is 9.88. The molecule has 5 unspecified atom stereocenters. The summed E-state index contributed by atoms with van der Waals surface area (Å²) in [6, 6.07) is 0. The topological polar surface area (TPSA) is 63.2 Å². The predicted octanol–water partition coefficient (Wildman–Crippen LogP) is 4.06. The third-order valence-corrected chi connectivity index (χ3v) is 7.63. The van der Waals surface area contributed by atoms with Crippen LogP contribution in [0.5, 0.6) is 0 Å². The molecule has 0 radical (unpaired) electrons. The summed E-state index contributed by atoms with van der Waals surface area (Å²) in [4.78, 5) is 13.4. The Labute approximate surface area is 169 Å². The minimum absolute atomic E-state index is 0.0740. The van der Waals surface area contributed by atoms with Crippen molar-refractivity contribution in [2.24, 2.45) is 17.3 Å². The van der Waals surface area contributed by atoms with Gasteiger partial charge >= 0.3 is 5.97 Å². The summed E-state index contributed by atoms with van der Waals surface area (Å²) in [7, 11) is 3.28. The molecule has 0 aromatic rings. The smallest absolute Gasteiger partial charge is 0.312 e. The van der Waals surface area contributed by atoms with Gasteiger partial charge in [0.05, 0.1) is 16.6 Å². The summed E-state index contributed by atoms with van der Waals surface area (Å²) in [6.07, 6.45) is 5.84. The molecule has 5 atom stereocenters. The first-order valence-electron chi connectivity index (χ1n) is 10.7. The van der Waals surface area contributed by atoms with Gasteiger partial charge in [-0.2, -0.15) is 0 Å². The molecular formula is C22H38O6. The average Bonchev–Trinajstić information content (AvgIpc) is 2.98. The summed E-state index contributed by atoms with van der Waals surface area (Å²) in [5.74, 6) is 0.469. The van der Waals surface area contributed by atoms with Crippen LogP contribution in [0.4, 0.5) is 0 Å². The number of ether oxygens (including phenoxy) is 5. The molecule has 0 amide bonds. The van der Waals surface area contributed by atoms with Gasteiger partial charge in [0, 0.05) is 33.5 Å². The third kappa shape index (κ3) is 3.62. The summed E-state index contributed by atoms with van der Waals surface area (Å²) >= 11 is 0. The molecule has 0 heterocycles. The highest BCUT2D eigenvalue weighted by molar-refractivity contribution is 5.77. The third-order valence-electron chi connectivity index (χ3n) is 7.63. The molecule has 0 saturated heterocycles. The van der Waals surface area contributed by atoms with Gasteiger partial charge in [-0.1, -0.05) is 27.2 Å². The van der Waals surface area contributed by atoms with Crippen molar-refractivity contribution < 1.29 is 28.5 Å². The molecule has 4 aliphatic rings. The van der Waals surface area contributed by atoms with E-state index in [1.54, 1.807) is 14.2 Å². The van der Waals surface area contributed by atoms with E-state index in [0.29, 0.717) is 5.92 Å². The van der Waals surface area contributed by atoms with Crippen molar-refractivity contribution in [2.45, 2.75) is 89.4 Å². The molecular weight excluding hydrogens is 360 g/mol. The van der Waals surface area contributed by atoms with Crippen LogP contribution >= 0.6 is 0 Å². The average molecular weight is 399 g/mol. The Morgan fingerprint density at radius 3 is 2.25 bits per heavy atom. The van der Waals surface area contributed by atoms with Crippen molar-refractivity contribution in [3.63, 3.8) is 0 Å². The fourth-order valence-electron chi connectivity index (χ4n) is 6.10. The highest BCUT2D eigenvalue weighted by Gasteiger charge is 2.73. The zero-order valence-electron chi connectivity index (χ0n) is 18.5. The molecule has 4 bridgehead atoms. The Balaban J connectivity index is 1.84. The van der Waals surface area contributed by atoms with E-state index in [1.807, 2.05) is 6.92 Å². The van der Waals surface area contributed by atoms with Gasteiger partial charge in [0.2, 0.25) is 0 Å². The number of carbonyl (C=O) groups excluding carboxylic acids is 1. The quantitative estimate of drug-likeness (QED) is 0.386. The Hall–Kier alpha value is -0.690. The standard InChI is InChI=1S/C22H38O6/c1-7-8-19(4,16(2)3)18(23)28-21-10-17-9-20(11-21,26-14-24-5)12-22(17,13-21)27-15-25-6/h16-17H,7-15H2,1-6H3. The first kappa shape index (κ1) is 22.0. The first-order chi connectivity index (χ1) is 13.2. The molecule has 162 valence electrons. The van der Waals surface area contributed by atoms with Gasteiger partial charge in [-0.05, 0) is 38.0 Å². The highest BCUT2D eigenvalue weighted by atomic mass is 16.7. The molecule has 0 aromatic carbocycles. The van der Waals surface area contributed by atoms with Crippen LogP contribution < -0.4 is 0 Å². The van der Waals surface area contributed by atoms with Gasteiger partial charge in [-0.3, -0.25) is 4.79 Å². The van der Waals surface area contributed by atoms with E-state index in [2.05, 4.69) is 20.8 Å². The van der Waals surface area contributed by atoms with Gasteiger partial charge in [-0.15, -0.1) is 0 Å². The Morgan fingerprint density at radius 2 is 1.64 bits per heavy atom. The fraction of sp³-hybridized carbons (Fsp3) is 0.955. The van der Waals surface area contributed by atoms with Gasteiger partial charge in [0.25, 0.3) is 0 Å². The lowest BCUT2D eigenvalue weighted by atomic mass is 9.72. The maximum Gasteiger partial charge on any atom is 0.312 e. The minimum Gasteiger partial charge on any atom is -0.458 e. The summed E-state index contributed by atoms with van der Waals surface area (Å²) < 4.78 is 29.2. The van der Waals surface area contributed by atoms with Gasteiger partial charge in [0.1, 0.15) is 19.2 Å². The van der Waals surface area contributed by atoms with Crippen molar-refractivity contribution >= 4 is 5.97 Å². The van der Waals surface area contributed by atoms with E-state index in [-0.39, 0.29) is 36.7 Å². The van der Waals surface area contributed by atoms with Crippen LogP contribution in [0.1, 0.15) is 72.6 Å². The summed E-state index contributed by atoms with van der Waals surface area (Å²) in [5.41, 5.74) is -1.65. The first-order valence-corrected chi connectivity index (χ1v) is 10.7. The predicted molar refractivity (Wildman–Crippen MR) is 105 cm³/mol. The van der Waals surface area contributed by atoms with Gasteiger partial charge in [-0.25, -0.2) is 0 Å². The van der Waals surface area contributed by atoms with Crippen molar-refractivity contribution in [2.75, 3.05) is 27.8 Å². The zero-order valence-corrected chi connectivity index (χ0v) is 18.5. The van der Waals surface area contributed by atoms with Crippen LogP contribution in [0.15, 0.2) is 0 Å². The molecule has 0 spiro atoms. The number of carbonyl (C=O) groups is 1. The van der Waals surface area contributed by atoms with Crippen LogP contribution in [-0.2, 0) is 28.5 Å². The van der Waals surface area contributed by atoms with Crippen LogP contribution in [0.25, 0.3) is 0 Å². The number of hydrogen-bond donors (Lipinski definition) is 0. The molecule has 6 heteroatoms. The lowest BCUT2D eigenvalue weighted by Crippen LogP contribution is -2.53. The van der Waals surface area contributed by atoms with E-state index in [1.165, 1.54) is 0 Å². The number of rotatable bonds is 11. The molecule has 0 N–H and O–H groups in total. The molecule has 6 nitrogen and oxygen atoms in total. The lowest BCUT2D eigenvalue weighted by molar-refractivity contribution is -0.222.